The molecule has 1 saturated carbocycles. The zero-order valence-corrected chi connectivity index (χ0v) is 15.2. The number of hydrogen-bond acceptors (Lipinski definition) is 6. The van der Waals surface area contributed by atoms with Crippen LogP contribution >= 0.6 is 0 Å². The van der Waals surface area contributed by atoms with Crippen LogP contribution < -0.4 is 5.32 Å². The van der Waals surface area contributed by atoms with Gasteiger partial charge in [-0.1, -0.05) is 25.9 Å². The molecule has 0 bridgehead atoms. The van der Waals surface area contributed by atoms with Crippen LogP contribution in [0.2, 0.25) is 0 Å². The fraction of sp³-hybridized carbons (Fsp3) is 0.824. The van der Waals surface area contributed by atoms with E-state index in [9.17, 15) is 4.79 Å². The Morgan fingerprint density at radius 2 is 1.96 bits per heavy atom. The number of aromatic nitrogens is 2. The number of carbonyl (C=O) groups excluding carboxylic acids is 1. The number of piperazine rings is 1. The molecule has 7 heteroatoms. The summed E-state index contributed by atoms with van der Waals surface area (Å²) in [4.78, 5) is 21.2. The van der Waals surface area contributed by atoms with E-state index in [-0.39, 0.29) is 17.4 Å². The minimum atomic E-state index is -0.117. The average molecular weight is 335 g/mol. The van der Waals surface area contributed by atoms with E-state index < -0.39 is 0 Å². The van der Waals surface area contributed by atoms with Gasteiger partial charge in [0.05, 0.1) is 12.6 Å². The maximum atomic E-state index is 12.2. The molecule has 1 atom stereocenters. The minimum absolute atomic E-state index is 0.0505. The molecule has 0 unspecified atom stereocenters. The highest BCUT2D eigenvalue weighted by Gasteiger charge is 2.30. The van der Waals surface area contributed by atoms with Gasteiger partial charge in [0.15, 0.2) is 5.82 Å². The highest BCUT2D eigenvalue weighted by molar-refractivity contribution is 5.81. The molecule has 1 aromatic rings. The SMILES string of the molecule is C[C@@H](C(=O)NC1CC1)N1CCN(Cc2noc(C(C)(C)C)n2)CC1. The van der Waals surface area contributed by atoms with Crippen molar-refractivity contribution in [2.45, 2.75) is 64.6 Å². The topological polar surface area (TPSA) is 74.5 Å². The Kier molecular flexibility index (Phi) is 4.92. The number of amides is 1. The first-order valence-electron chi connectivity index (χ1n) is 8.93. The van der Waals surface area contributed by atoms with Crippen molar-refractivity contribution in [1.82, 2.24) is 25.3 Å². The lowest BCUT2D eigenvalue weighted by atomic mass is 9.97. The number of nitrogens with one attached hydrogen (secondary N) is 1. The van der Waals surface area contributed by atoms with E-state index >= 15 is 0 Å². The van der Waals surface area contributed by atoms with Gasteiger partial charge >= 0.3 is 0 Å². The van der Waals surface area contributed by atoms with E-state index in [1.165, 1.54) is 0 Å². The zero-order valence-electron chi connectivity index (χ0n) is 15.2. The summed E-state index contributed by atoms with van der Waals surface area (Å²) in [6.07, 6.45) is 2.26. The standard InChI is InChI=1S/C17H29N5O2/c1-12(15(23)18-13-5-6-13)22-9-7-21(8-10-22)11-14-19-16(24-20-14)17(2,3)4/h12-13H,5-11H2,1-4H3,(H,18,23)/t12-/m0/s1. The molecular weight excluding hydrogens is 306 g/mol. The lowest BCUT2D eigenvalue weighted by Crippen LogP contribution is -2.53. The van der Waals surface area contributed by atoms with Gasteiger partial charge in [-0.3, -0.25) is 14.6 Å². The molecule has 0 aromatic carbocycles. The lowest BCUT2D eigenvalue weighted by Gasteiger charge is -2.36. The molecule has 2 fully saturated rings. The Morgan fingerprint density at radius 3 is 2.50 bits per heavy atom. The van der Waals surface area contributed by atoms with Crippen LogP contribution in [0.25, 0.3) is 0 Å². The van der Waals surface area contributed by atoms with Gasteiger partial charge in [0.25, 0.3) is 0 Å². The van der Waals surface area contributed by atoms with Gasteiger partial charge in [0.2, 0.25) is 11.8 Å². The molecule has 3 rings (SSSR count). The molecule has 1 aromatic heterocycles. The number of hydrogen-bond donors (Lipinski definition) is 1. The van der Waals surface area contributed by atoms with E-state index in [4.69, 9.17) is 4.52 Å². The average Bonchev–Trinajstić information content (AvgIpc) is 3.21. The van der Waals surface area contributed by atoms with Crippen molar-refractivity contribution in [1.29, 1.82) is 0 Å². The molecule has 7 nitrogen and oxygen atoms in total. The molecule has 1 aliphatic carbocycles. The van der Waals surface area contributed by atoms with Crippen molar-refractivity contribution in [3.63, 3.8) is 0 Å². The van der Waals surface area contributed by atoms with Crippen molar-refractivity contribution in [2.24, 2.45) is 0 Å². The van der Waals surface area contributed by atoms with Gasteiger partial charge in [-0.05, 0) is 19.8 Å². The third-order valence-electron chi connectivity index (χ3n) is 4.73. The van der Waals surface area contributed by atoms with Crippen LogP contribution in [-0.2, 0) is 16.8 Å². The van der Waals surface area contributed by atoms with Crippen LogP contribution in [0.1, 0.15) is 52.3 Å². The fourth-order valence-electron chi connectivity index (χ4n) is 2.85. The smallest absolute Gasteiger partial charge is 0.237 e. The predicted octanol–water partition coefficient (Wildman–Crippen LogP) is 1.15. The summed E-state index contributed by atoms with van der Waals surface area (Å²) in [7, 11) is 0. The lowest BCUT2D eigenvalue weighted by molar-refractivity contribution is -0.126. The van der Waals surface area contributed by atoms with Crippen molar-refractivity contribution in [2.75, 3.05) is 26.2 Å². The fourth-order valence-corrected chi connectivity index (χ4v) is 2.85. The van der Waals surface area contributed by atoms with Gasteiger partial charge < -0.3 is 9.84 Å². The Bertz CT molecular complexity index is 568. The van der Waals surface area contributed by atoms with Crippen LogP contribution in [0.4, 0.5) is 0 Å². The first-order valence-corrected chi connectivity index (χ1v) is 8.93. The number of carbonyl (C=O) groups is 1. The Balaban J connectivity index is 1.46. The minimum Gasteiger partial charge on any atom is -0.352 e. The molecule has 24 heavy (non-hydrogen) atoms. The molecule has 134 valence electrons. The van der Waals surface area contributed by atoms with Crippen LogP contribution in [-0.4, -0.2) is 64.1 Å². The summed E-state index contributed by atoms with van der Waals surface area (Å²) in [6.45, 7) is 12.5. The third-order valence-corrected chi connectivity index (χ3v) is 4.73. The van der Waals surface area contributed by atoms with Crippen molar-refractivity contribution >= 4 is 5.91 Å². The van der Waals surface area contributed by atoms with E-state index in [2.05, 4.69) is 46.0 Å². The second-order valence-electron chi connectivity index (χ2n) is 8.04. The summed E-state index contributed by atoms with van der Waals surface area (Å²) >= 11 is 0. The maximum absolute atomic E-state index is 12.2. The summed E-state index contributed by atoms with van der Waals surface area (Å²) in [5.74, 6) is 1.59. The number of nitrogens with zero attached hydrogens (tertiary/aromatic N) is 4. The predicted molar refractivity (Wildman–Crippen MR) is 90.5 cm³/mol. The molecule has 1 N–H and O–H groups in total. The van der Waals surface area contributed by atoms with Gasteiger partial charge in [-0.15, -0.1) is 0 Å². The molecular formula is C17H29N5O2. The normalized spacial score (nSPS) is 21.7. The maximum Gasteiger partial charge on any atom is 0.237 e. The van der Waals surface area contributed by atoms with Crippen LogP contribution in [0.5, 0.6) is 0 Å². The summed E-state index contributed by atoms with van der Waals surface area (Å²) in [5, 5.41) is 7.19. The highest BCUT2D eigenvalue weighted by atomic mass is 16.5. The molecule has 2 heterocycles. The van der Waals surface area contributed by atoms with E-state index in [0.29, 0.717) is 18.5 Å². The van der Waals surface area contributed by atoms with Gasteiger partial charge in [0.1, 0.15) is 0 Å². The van der Waals surface area contributed by atoms with Crippen molar-refractivity contribution in [3.8, 4) is 0 Å². The van der Waals surface area contributed by atoms with Gasteiger partial charge in [0, 0.05) is 37.6 Å². The number of rotatable bonds is 5. The van der Waals surface area contributed by atoms with E-state index in [1.807, 2.05) is 6.92 Å². The highest BCUT2D eigenvalue weighted by Crippen LogP contribution is 2.21. The second kappa shape index (κ2) is 6.80. The van der Waals surface area contributed by atoms with E-state index in [1.54, 1.807) is 0 Å². The molecule has 1 aliphatic heterocycles. The Morgan fingerprint density at radius 1 is 1.29 bits per heavy atom. The van der Waals surface area contributed by atoms with Gasteiger partial charge in [-0.2, -0.15) is 4.98 Å². The summed E-state index contributed by atoms with van der Waals surface area (Å²) in [5.41, 5.74) is -0.117. The zero-order chi connectivity index (χ0) is 17.3. The quantitative estimate of drug-likeness (QED) is 0.870. The van der Waals surface area contributed by atoms with Crippen LogP contribution in [0.3, 0.4) is 0 Å². The molecule has 1 amide bonds. The Labute approximate surface area is 143 Å². The molecule has 2 aliphatic rings. The van der Waals surface area contributed by atoms with Crippen LogP contribution in [0, 0.1) is 0 Å². The van der Waals surface area contributed by atoms with E-state index in [0.717, 1.165) is 44.8 Å². The summed E-state index contributed by atoms with van der Waals surface area (Å²) in [6, 6.07) is 0.377. The third kappa shape index (κ3) is 4.33. The molecule has 0 spiro atoms. The molecule has 0 radical (unpaired) electrons. The van der Waals surface area contributed by atoms with Crippen molar-refractivity contribution in [3.05, 3.63) is 11.7 Å². The first kappa shape index (κ1) is 17.4. The second-order valence-corrected chi connectivity index (χ2v) is 8.04. The van der Waals surface area contributed by atoms with Crippen molar-refractivity contribution < 1.29 is 9.32 Å². The largest absolute Gasteiger partial charge is 0.352 e. The monoisotopic (exact) mass is 335 g/mol. The van der Waals surface area contributed by atoms with Gasteiger partial charge in [-0.25, -0.2) is 0 Å². The van der Waals surface area contributed by atoms with Crippen LogP contribution in [0.15, 0.2) is 4.52 Å². The summed E-state index contributed by atoms with van der Waals surface area (Å²) < 4.78 is 5.35. The first-order chi connectivity index (χ1) is 11.3. The Hall–Kier alpha value is -1.47. The molecule has 1 saturated heterocycles.